The highest BCUT2D eigenvalue weighted by Crippen LogP contribution is 2.23. The van der Waals surface area contributed by atoms with Crippen molar-refractivity contribution in [3.05, 3.63) is 58.9 Å². The molecule has 3 aromatic rings. The van der Waals surface area contributed by atoms with Crippen molar-refractivity contribution in [3.8, 4) is 0 Å². The van der Waals surface area contributed by atoms with Gasteiger partial charge in [0.05, 0.1) is 10.6 Å². The summed E-state index contributed by atoms with van der Waals surface area (Å²) in [5.74, 6) is 0.898. The molecule has 1 aliphatic rings. The molecule has 0 unspecified atom stereocenters. The van der Waals surface area contributed by atoms with Gasteiger partial charge in [-0.25, -0.2) is 9.97 Å². The van der Waals surface area contributed by atoms with E-state index in [1.165, 1.54) is 0 Å². The quantitative estimate of drug-likeness (QED) is 0.515. The smallest absolute Gasteiger partial charge is 0.253 e. The van der Waals surface area contributed by atoms with Gasteiger partial charge in [0.2, 0.25) is 0 Å². The maximum Gasteiger partial charge on any atom is 0.253 e. The molecule has 0 aliphatic carbocycles. The zero-order valence-electron chi connectivity index (χ0n) is 15.9. The number of hydrogen-bond donors (Lipinski definition) is 4. The predicted molar refractivity (Wildman–Crippen MR) is 116 cm³/mol. The van der Waals surface area contributed by atoms with E-state index in [1.54, 1.807) is 18.5 Å². The minimum Gasteiger partial charge on any atom is -0.383 e. The van der Waals surface area contributed by atoms with Crippen molar-refractivity contribution in [1.82, 2.24) is 20.6 Å². The van der Waals surface area contributed by atoms with Crippen LogP contribution in [0.1, 0.15) is 28.8 Å². The number of carbonyl (C=O) groups excluding carboxylic acids is 1. The molecule has 1 aliphatic heterocycles. The summed E-state index contributed by atoms with van der Waals surface area (Å²) in [6.45, 7) is 2.35. The van der Waals surface area contributed by atoms with Crippen molar-refractivity contribution >= 4 is 39.9 Å². The summed E-state index contributed by atoms with van der Waals surface area (Å²) < 4.78 is 0. The van der Waals surface area contributed by atoms with Crippen LogP contribution in [0.3, 0.4) is 0 Å². The third-order valence-corrected chi connectivity index (χ3v) is 5.38. The van der Waals surface area contributed by atoms with Crippen molar-refractivity contribution in [2.24, 2.45) is 0 Å². The van der Waals surface area contributed by atoms with Gasteiger partial charge in [0.25, 0.3) is 5.91 Å². The first-order valence-electron chi connectivity index (χ1n) is 9.64. The van der Waals surface area contributed by atoms with Gasteiger partial charge in [-0.15, -0.1) is 0 Å². The van der Waals surface area contributed by atoms with Crippen molar-refractivity contribution in [2.45, 2.75) is 25.4 Å². The Morgan fingerprint density at radius 3 is 2.83 bits per heavy atom. The number of fused-ring (bicyclic) bond motifs is 1. The summed E-state index contributed by atoms with van der Waals surface area (Å²) in [7, 11) is 0. The van der Waals surface area contributed by atoms with E-state index in [-0.39, 0.29) is 5.91 Å². The lowest BCUT2D eigenvalue weighted by Gasteiger charge is -2.24. The fourth-order valence-corrected chi connectivity index (χ4v) is 3.69. The van der Waals surface area contributed by atoms with Crippen molar-refractivity contribution in [1.29, 1.82) is 0 Å². The Morgan fingerprint density at radius 1 is 1.21 bits per heavy atom. The first-order chi connectivity index (χ1) is 14.1. The van der Waals surface area contributed by atoms with E-state index in [4.69, 9.17) is 17.3 Å². The number of nitrogens with zero attached hydrogens (tertiary/aromatic N) is 2. The van der Waals surface area contributed by atoms with Gasteiger partial charge in [0.15, 0.2) is 0 Å². The lowest BCUT2D eigenvalue weighted by molar-refractivity contribution is 0.0950. The molecule has 7 nitrogen and oxygen atoms in total. The van der Waals surface area contributed by atoms with E-state index in [1.807, 2.05) is 24.3 Å². The van der Waals surface area contributed by atoms with Crippen molar-refractivity contribution in [2.75, 3.05) is 24.1 Å². The van der Waals surface area contributed by atoms with E-state index in [0.717, 1.165) is 42.3 Å². The number of anilines is 2. The van der Waals surface area contributed by atoms with Crippen LogP contribution in [0.25, 0.3) is 10.8 Å². The number of piperidine rings is 1. The predicted octanol–water partition coefficient (Wildman–Crippen LogP) is 2.96. The molecule has 0 atom stereocenters. The largest absolute Gasteiger partial charge is 0.383 e. The molecule has 3 heterocycles. The van der Waals surface area contributed by atoms with Gasteiger partial charge in [0.1, 0.15) is 11.6 Å². The standard InChI is InChI=1S/C21H23ClN6O/c22-18-10-15(12-26-20(18)28-16-4-6-24-7-5-16)21(29)27-11-13-1-2-17-14(9-13)3-8-25-19(17)23/h1-3,8-10,12,16,24H,4-7,11H2,(H2,23,25)(H,26,28)(H,27,29). The minimum absolute atomic E-state index is 0.220. The van der Waals surface area contributed by atoms with Crippen LogP contribution in [0.5, 0.6) is 0 Å². The number of nitrogen functional groups attached to an aromatic ring is 1. The Morgan fingerprint density at radius 2 is 2.03 bits per heavy atom. The maximum absolute atomic E-state index is 12.5. The molecule has 4 rings (SSSR count). The normalized spacial score (nSPS) is 14.7. The summed E-state index contributed by atoms with van der Waals surface area (Å²) in [6.07, 6.45) is 5.27. The molecule has 5 N–H and O–H groups in total. The fraction of sp³-hybridized carbons (Fsp3) is 0.286. The summed E-state index contributed by atoms with van der Waals surface area (Å²) >= 11 is 6.35. The van der Waals surface area contributed by atoms with Crippen LogP contribution in [0.15, 0.2) is 42.7 Å². The van der Waals surface area contributed by atoms with Crippen LogP contribution in [0.4, 0.5) is 11.6 Å². The Hall–Kier alpha value is -2.90. The highest BCUT2D eigenvalue weighted by molar-refractivity contribution is 6.33. The second kappa shape index (κ2) is 8.63. The SMILES string of the molecule is Nc1nccc2cc(CNC(=O)c3cnc(NC4CCNCC4)c(Cl)c3)ccc12. The number of carbonyl (C=O) groups is 1. The highest BCUT2D eigenvalue weighted by Gasteiger charge is 2.16. The van der Waals surface area contributed by atoms with Crippen molar-refractivity contribution < 1.29 is 4.79 Å². The molecule has 0 radical (unpaired) electrons. The van der Waals surface area contributed by atoms with Gasteiger partial charge in [-0.05, 0) is 55.1 Å². The van der Waals surface area contributed by atoms with E-state index >= 15 is 0 Å². The number of rotatable bonds is 5. The fourth-order valence-electron chi connectivity index (χ4n) is 3.47. The number of nitrogens with two attached hydrogens (primary N) is 1. The molecular weight excluding hydrogens is 388 g/mol. The van der Waals surface area contributed by atoms with Crippen LogP contribution in [0.2, 0.25) is 5.02 Å². The van der Waals surface area contributed by atoms with Gasteiger partial charge >= 0.3 is 0 Å². The molecule has 0 spiro atoms. The molecule has 2 aromatic heterocycles. The summed E-state index contributed by atoms with van der Waals surface area (Å²) in [5, 5.41) is 11.9. The lowest BCUT2D eigenvalue weighted by atomic mass is 10.1. The molecule has 1 amide bonds. The third kappa shape index (κ3) is 4.58. The number of halogens is 1. The summed E-state index contributed by atoms with van der Waals surface area (Å²) in [6, 6.07) is 9.73. The van der Waals surface area contributed by atoms with E-state index in [9.17, 15) is 4.79 Å². The first kappa shape index (κ1) is 19.4. The number of amides is 1. The second-order valence-electron chi connectivity index (χ2n) is 7.16. The molecular formula is C21H23ClN6O. The Bertz CT molecular complexity index is 1030. The van der Waals surface area contributed by atoms with Crippen LogP contribution in [-0.2, 0) is 6.54 Å². The molecule has 29 heavy (non-hydrogen) atoms. The molecule has 1 aromatic carbocycles. The Balaban J connectivity index is 1.40. The van der Waals surface area contributed by atoms with Gasteiger partial charge < -0.3 is 21.7 Å². The zero-order chi connectivity index (χ0) is 20.2. The number of nitrogens with one attached hydrogen (secondary N) is 3. The minimum atomic E-state index is -0.220. The van der Waals surface area contributed by atoms with Crippen LogP contribution in [-0.4, -0.2) is 35.0 Å². The van der Waals surface area contributed by atoms with E-state index < -0.39 is 0 Å². The molecule has 0 bridgehead atoms. The summed E-state index contributed by atoms with van der Waals surface area (Å²) in [5.41, 5.74) is 7.28. The highest BCUT2D eigenvalue weighted by atomic mass is 35.5. The second-order valence-corrected chi connectivity index (χ2v) is 7.56. The first-order valence-corrected chi connectivity index (χ1v) is 10.0. The van der Waals surface area contributed by atoms with E-state index in [0.29, 0.717) is 34.8 Å². The topological polar surface area (TPSA) is 105 Å². The monoisotopic (exact) mass is 410 g/mol. The van der Waals surface area contributed by atoms with Crippen LogP contribution < -0.4 is 21.7 Å². The van der Waals surface area contributed by atoms with Crippen LogP contribution >= 0.6 is 11.6 Å². The third-order valence-electron chi connectivity index (χ3n) is 5.10. The Labute approximate surface area is 174 Å². The van der Waals surface area contributed by atoms with Gasteiger partial charge in [-0.1, -0.05) is 23.7 Å². The van der Waals surface area contributed by atoms with Gasteiger partial charge in [-0.2, -0.15) is 0 Å². The number of benzene rings is 1. The molecule has 150 valence electrons. The van der Waals surface area contributed by atoms with Crippen LogP contribution in [0, 0.1) is 0 Å². The van der Waals surface area contributed by atoms with E-state index in [2.05, 4.69) is 25.9 Å². The number of aromatic nitrogens is 2. The Kier molecular flexibility index (Phi) is 5.78. The average molecular weight is 411 g/mol. The summed E-state index contributed by atoms with van der Waals surface area (Å²) in [4.78, 5) is 21.0. The van der Waals surface area contributed by atoms with Gasteiger partial charge in [-0.3, -0.25) is 4.79 Å². The zero-order valence-corrected chi connectivity index (χ0v) is 16.7. The van der Waals surface area contributed by atoms with Crippen molar-refractivity contribution in [3.63, 3.8) is 0 Å². The number of pyridine rings is 2. The molecule has 1 fully saturated rings. The maximum atomic E-state index is 12.5. The molecule has 8 heteroatoms. The molecule has 1 saturated heterocycles. The number of hydrogen-bond acceptors (Lipinski definition) is 6. The van der Waals surface area contributed by atoms with Gasteiger partial charge in [0, 0.05) is 30.4 Å². The lowest BCUT2D eigenvalue weighted by Crippen LogP contribution is -2.35. The average Bonchev–Trinajstić information content (AvgIpc) is 2.74. The molecule has 0 saturated carbocycles.